The summed E-state index contributed by atoms with van der Waals surface area (Å²) in [5, 5.41) is 0.788. The molecule has 4 aliphatic heterocycles. The molecule has 43 heavy (non-hydrogen) atoms. The molecule has 4 fully saturated rings. The molecular formula is C30H31ClF3N7OS. The minimum atomic E-state index is -0.896. The van der Waals surface area contributed by atoms with Crippen molar-refractivity contribution in [1.82, 2.24) is 24.8 Å². The van der Waals surface area contributed by atoms with E-state index in [0.717, 1.165) is 56.7 Å². The summed E-state index contributed by atoms with van der Waals surface area (Å²) in [6.07, 6.45) is 3.50. The fourth-order valence-corrected chi connectivity index (χ4v) is 8.90. The van der Waals surface area contributed by atoms with Gasteiger partial charge in [0.15, 0.2) is 10.9 Å². The molecule has 0 radical (unpaired) electrons. The Bertz CT molecular complexity index is 1760. The van der Waals surface area contributed by atoms with Gasteiger partial charge in [0.05, 0.1) is 20.8 Å². The second-order valence-electron chi connectivity index (χ2n) is 12.4. The largest absolute Gasteiger partial charge is 0.461 e. The number of rotatable bonds is 5. The molecule has 4 aromatic rings. The van der Waals surface area contributed by atoms with Crippen molar-refractivity contribution >= 4 is 55.0 Å². The van der Waals surface area contributed by atoms with E-state index in [1.165, 1.54) is 12.1 Å². The highest BCUT2D eigenvalue weighted by atomic mass is 35.5. The molecule has 6 heterocycles. The minimum absolute atomic E-state index is 0.0478. The van der Waals surface area contributed by atoms with Crippen molar-refractivity contribution in [2.24, 2.45) is 0 Å². The van der Waals surface area contributed by atoms with Gasteiger partial charge in [-0.2, -0.15) is 9.97 Å². The number of piperazine rings is 1. The summed E-state index contributed by atoms with van der Waals surface area (Å²) in [4.78, 5) is 20.5. The van der Waals surface area contributed by atoms with E-state index in [0.29, 0.717) is 41.8 Å². The molecule has 4 aliphatic rings. The van der Waals surface area contributed by atoms with Crippen LogP contribution in [0.5, 0.6) is 6.01 Å². The van der Waals surface area contributed by atoms with Gasteiger partial charge in [0.2, 0.25) is 0 Å². The average molecular weight is 630 g/mol. The lowest BCUT2D eigenvalue weighted by molar-refractivity contribution is 0.107. The summed E-state index contributed by atoms with van der Waals surface area (Å²) in [5.74, 6) is -0.592. The van der Waals surface area contributed by atoms with Crippen molar-refractivity contribution in [3.05, 3.63) is 34.9 Å². The Balaban J connectivity index is 1.27. The van der Waals surface area contributed by atoms with Gasteiger partial charge in [-0.05, 0) is 57.5 Å². The lowest BCUT2D eigenvalue weighted by atomic mass is 9.95. The van der Waals surface area contributed by atoms with Crippen molar-refractivity contribution in [3.8, 4) is 17.1 Å². The quantitative estimate of drug-likeness (QED) is 0.303. The number of likely N-dealkylation sites (N-methyl/N-ethyl adjacent to an activating group) is 1. The van der Waals surface area contributed by atoms with Gasteiger partial charge in [-0.25, -0.2) is 18.2 Å². The van der Waals surface area contributed by atoms with Gasteiger partial charge < -0.3 is 15.4 Å². The van der Waals surface area contributed by atoms with E-state index in [2.05, 4.69) is 31.7 Å². The number of hydrogen-bond donors (Lipinski definition) is 1. The Labute approximate surface area is 255 Å². The van der Waals surface area contributed by atoms with Gasteiger partial charge in [0.25, 0.3) is 0 Å². The first-order chi connectivity index (χ1) is 20.7. The predicted molar refractivity (Wildman–Crippen MR) is 163 cm³/mol. The molecule has 2 aromatic carbocycles. The third kappa shape index (κ3) is 4.35. The third-order valence-corrected chi connectivity index (χ3v) is 11.2. The van der Waals surface area contributed by atoms with Crippen LogP contribution in [0.1, 0.15) is 32.1 Å². The number of thiazole rings is 1. The Morgan fingerprint density at radius 2 is 1.91 bits per heavy atom. The first-order valence-electron chi connectivity index (χ1n) is 14.7. The zero-order valence-electron chi connectivity index (χ0n) is 23.6. The summed E-state index contributed by atoms with van der Waals surface area (Å²) in [7, 11) is 2.15. The number of aromatic nitrogens is 3. The van der Waals surface area contributed by atoms with Gasteiger partial charge in [0, 0.05) is 54.7 Å². The SMILES string of the molecule is CN1[C@@H]2CC[C@H]1CN(c1nc(OC[C@@]34CCCN3C[C@H](F)C4)nc3c(F)c(-c4ccc(F)c5sc(N)nc45)c(Cl)cc13)C2. The van der Waals surface area contributed by atoms with Crippen molar-refractivity contribution in [2.45, 2.75) is 55.9 Å². The lowest BCUT2D eigenvalue weighted by Gasteiger charge is -2.40. The minimum Gasteiger partial charge on any atom is -0.461 e. The van der Waals surface area contributed by atoms with Crippen LogP contribution in [-0.2, 0) is 0 Å². The van der Waals surface area contributed by atoms with Crippen LogP contribution in [0, 0.1) is 11.6 Å². The molecule has 4 atom stereocenters. The molecule has 2 aromatic heterocycles. The molecule has 4 saturated heterocycles. The Morgan fingerprint density at radius 3 is 2.70 bits per heavy atom. The Kier molecular flexibility index (Phi) is 6.45. The topological polar surface area (TPSA) is 83.6 Å². The van der Waals surface area contributed by atoms with Gasteiger partial charge in [-0.3, -0.25) is 9.80 Å². The summed E-state index contributed by atoms with van der Waals surface area (Å²) < 4.78 is 52.3. The molecule has 0 saturated carbocycles. The molecule has 0 amide bonds. The van der Waals surface area contributed by atoms with Crippen molar-refractivity contribution in [1.29, 1.82) is 0 Å². The molecule has 8 rings (SSSR count). The standard InChI is InChI=1S/C30H31ClF3N7OS/c1-39-16-3-4-17(39)13-40(12-16)27-19-9-20(31)22(18-5-6-21(33)26-25(18)36-28(35)43-26)23(34)24(19)37-29(38-27)42-14-30-7-2-8-41(30)11-15(32)10-30/h5-6,9,15-17H,2-4,7-8,10-14H2,1H3,(H2,35,36)/t15-,16-,17+,30+/m1/s1. The van der Waals surface area contributed by atoms with Crippen LogP contribution in [0.15, 0.2) is 18.2 Å². The smallest absolute Gasteiger partial charge is 0.319 e. The number of ether oxygens (including phenoxy) is 1. The van der Waals surface area contributed by atoms with E-state index in [4.69, 9.17) is 27.1 Å². The monoisotopic (exact) mass is 629 g/mol. The summed E-state index contributed by atoms with van der Waals surface area (Å²) >= 11 is 7.81. The number of fused-ring (bicyclic) bond motifs is 5. The van der Waals surface area contributed by atoms with Gasteiger partial charge in [0.1, 0.15) is 29.9 Å². The summed E-state index contributed by atoms with van der Waals surface area (Å²) in [6, 6.07) is 5.18. The second-order valence-corrected chi connectivity index (χ2v) is 13.9. The van der Waals surface area contributed by atoms with Crippen molar-refractivity contribution < 1.29 is 17.9 Å². The molecule has 0 spiro atoms. The number of hydrogen-bond acceptors (Lipinski definition) is 9. The maximum Gasteiger partial charge on any atom is 0.319 e. The van der Waals surface area contributed by atoms with Crippen LogP contribution in [0.4, 0.5) is 24.1 Å². The van der Waals surface area contributed by atoms with Crippen molar-refractivity contribution in [2.75, 3.05) is 50.5 Å². The van der Waals surface area contributed by atoms with Crippen LogP contribution in [0.3, 0.4) is 0 Å². The van der Waals surface area contributed by atoms with E-state index in [1.807, 2.05) is 0 Å². The maximum atomic E-state index is 16.7. The van der Waals surface area contributed by atoms with Crippen molar-refractivity contribution in [3.63, 3.8) is 0 Å². The maximum absolute atomic E-state index is 16.7. The molecule has 8 nitrogen and oxygen atoms in total. The van der Waals surface area contributed by atoms with Gasteiger partial charge >= 0.3 is 6.01 Å². The number of nitrogens with two attached hydrogens (primary N) is 1. The zero-order valence-corrected chi connectivity index (χ0v) is 25.2. The van der Waals surface area contributed by atoms with Crippen LogP contribution < -0.4 is 15.4 Å². The Morgan fingerprint density at radius 1 is 1.12 bits per heavy atom. The number of alkyl halides is 1. The van der Waals surface area contributed by atoms with Crippen LogP contribution in [-0.4, -0.2) is 88.4 Å². The highest BCUT2D eigenvalue weighted by Crippen LogP contribution is 2.44. The van der Waals surface area contributed by atoms with Gasteiger partial charge in [-0.15, -0.1) is 0 Å². The Hall–Kier alpha value is -2.93. The average Bonchev–Trinajstić information content (AvgIpc) is 3.67. The van der Waals surface area contributed by atoms with Crippen LogP contribution in [0.25, 0.3) is 32.2 Å². The molecular weight excluding hydrogens is 599 g/mol. The van der Waals surface area contributed by atoms with E-state index in [-0.39, 0.29) is 44.1 Å². The number of anilines is 2. The molecule has 0 aliphatic carbocycles. The zero-order chi connectivity index (χ0) is 29.6. The summed E-state index contributed by atoms with van der Waals surface area (Å²) in [5.41, 5.74) is 6.19. The van der Waals surface area contributed by atoms with E-state index in [9.17, 15) is 8.78 Å². The highest BCUT2D eigenvalue weighted by Gasteiger charge is 2.49. The number of halogens is 4. The first-order valence-corrected chi connectivity index (χ1v) is 15.9. The second kappa shape index (κ2) is 10.0. The molecule has 226 valence electrons. The predicted octanol–water partition coefficient (Wildman–Crippen LogP) is 5.66. The lowest BCUT2D eigenvalue weighted by Crippen LogP contribution is -2.52. The van der Waals surface area contributed by atoms with Gasteiger partial charge in [-0.1, -0.05) is 22.9 Å². The highest BCUT2D eigenvalue weighted by molar-refractivity contribution is 7.22. The molecule has 13 heteroatoms. The first kappa shape index (κ1) is 27.6. The molecule has 2 N–H and O–H groups in total. The van der Waals surface area contributed by atoms with E-state index >= 15 is 4.39 Å². The molecule has 2 bridgehead atoms. The van der Waals surface area contributed by atoms with Crippen LogP contribution in [0.2, 0.25) is 5.02 Å². The normalized spacial score (nSPS) is 27.6. The van der Waals surface area contributed by atoms with E-state index in [1.54, 1.807) is 6.07 Å². The number of nitrogens with zero attached hydrogens (tertiary/aromatic N) is 6. The molecule has 0 unspecified atom stereocenters. The third-order valence-electron chi connectivity index (χ3n) is 10.0. The van der Waals surface area contributed by atoms with Crippen LogP contribution >= 0.6 is 22.9 Å². The van der Waals surface area contributed by atoms with E-state index < -0.39 is 23.3 Å². The fourth-order valence-electron chi connectivity index (χ4n) is 7.84. The fraction of sp³-hybridized carbons (Fsp3) is 0.500. The number of benzene rings is 2. The summed E-state index contributed by atoms with van der Waals surface area (Å²) in [6.45, 7) is 2.93. The number of nitrogen functional groups attached to an aromatic ring is 1.